The molecule has 29 heavy (non-hydrogen) atoms. The van der Waals surface area contributed by atoms with Crippen molar-refractivity contribution in [1.82, 2.24) is 9.97 Å². The maximum Gasteiger partial charge on any atom is 1.00 e. The summed E-state index contributed by atoms with van der Waals surface area (Å²) in [6, 6.07) is 15.8. The molecule has 4 rings (SSSR count). The van der Waals surface area contributed by atoms with E-state index < -0.39 is 6.04 Å². The summed E-state index contributed by atoms with van der Waals surface area (Å²) in [6.07, 6.45) is 4.70. The zero-order valence-corrected chi connectivity index (χ0v) is 19.3. The number of rotatable bonds is 4. The predicted molar refractivity (Wildman–Crippen MR) is 119 cm³/mol. The van der Waals surface area contributed by atoms with Crippen LogP contribution in [0.5, 0.6) is 0 Å². The van der Waals surface area contributed by atoms with Crippen molar-refractivity contribution in [2.45, 2.75) is 32.4 Å². The van der Waals surface area contributed by atoms with Crippen LogP contribution in [-0.4, -0.2) is 36.2 Å². The van der Waals surface area contributed by atoms with E-state index in [4.69, 9.17) is 11.5 Å². The number of benzene rings is 2. The van der Waals surface area contributed by atoms with Crippen molar-refractivity contribution >= 4 is 36.0 Å². The van der Waals surface area contributed by atoms with E-state index in [1.165, 1.54) is 16.5 Å². The van der Waals surface area contributed by atoms with E-state index in [1.807, 2.05) is 43.5 Å². The van der Waals surface area contributed by atoms with Crippen molar-refractivity contribution in [3.8, 4) is 0 Å². The minimum absolute atomic E-state index is 0. The first kappa shape index (κ1) is 25.2. The monoisotopic (exact) mass is 397 g/mol. The summed E-state index contributed by atoms with van der Waals surface area (Å²) in [5.74, 6) is -0.0255. The van der Waals surface area contributed by atoms with Crippen molar-refractivity contribution in [3.63, 3.8) is 0 Å². The molecule has 0 bridgehead atoms. The predicted octanol–water partition coefficient (Wildman–Crippen LogP) is 0.491. The Morgan fingerprint density at radius 2 is 1.45 bits per heavy atom. The molecule has 2 heterocycles. The number of para-hydroxylation sites is 2. The zero-order chi connectivity index (χ0) is 19.4. The Morgan fingerprint density at radius 3 is 2.03 bits per heavy atom. The molecule has 0 unspecified atom stereocenters. The van der Waals surface area contributed by atoms with Gasteiger partial charge < -0.3 is 22.9 Å². The van der Waals surface area contributed by atoms with Crippen LogP contribution in [0, 0.1) is 0 Å². The van der Waals surface area contributed by atoms with Gasteiger partial charge in [0.25, 0.3) is 0 Å². The van der Waals surface area contributed by atoms with Crippen LogP contribution < -0.4 is 41.0 Å². The molecule has 5 nitrogen and oxygen atoms in total. The molecule has 0 fully saturated rings. The van der Waals surface area contributed by atoms with Crippen LogP contribution in [0.1, 0.15) is 31.2 Å². The first-order chi connectivity index (χ1) is 13.0. The summed E-state index contributed by atoms with van der Waals surface area (Å²) in [7, 11) is 0. The van der Waals surface area contributed by atoms with Gasteiger partial charge in [0.15, 0.2) is 5.78 Å². The molecule has 0 aliphatic heterocycles. The summed E-state index contributed by atoms with van der Waals surface area (Å²) in [6.45, 7) is 3.73. The Labute approximate surface area is 197 Å². The van der Waals surface area contributed by atoms with Crippen LogP contribution >= 0.6 is 0 Å². The Bertz CT molecular complexity index is 1060. The number of nitrogens with one attached hydrogen (secondary N) is 2. The van der Waals surface area contributed by atoms with Gasteiger partial charge in [-0.1, -0.05) is 36.4 Å². The fourth-order valence-electron chi connectivity index (χ4n) is 3.17. The first-order valence-electron chi connectivity index (χ1n) is 9.14. The third-order valence-corrected chi connectivity index (χ3v) is 4.49. The second kappa shape index (κ2) is 11.4. The number of ketones is 1. The van der Waals surface area contributed by atoms with Crippen molar-refractivity contribution in [1.29, 1.82) is 0 Å². The number of carbonyl (C=O) groups excluding carboxylic acids is 1. The number of Topliss-reactive ketones (excluding diaryl/α,β-unsaturated/α-hetero) is 1. The van der Waals surface area contributed by atoms with E-state index in [9.17, 15) is 4.79 Å². The first-order valence-corrected chi connectivity index (χ1v) is 9.14. The topological polar surface area (TPSA) is 101 Å². The minimum atomic E-state index is -0.450. The van der Waals surface area contributed by atoms with E-state index >= 15 is 0 Å². The van der Waals surface area contributed by atoms with Crippen molar-refractivity contribution in [2.24, 2.45) is 11.5 Å². The largest absolute Gasteiger partial charge is 1.00 e. The van der Waals surface area contributed by atoms with E-state index in [1.54, 1.807) is 13.1 Å². The van der Waals surface area contributed by atoms with E-state index in [0.29, 0.717) is 5.56 Å². The SMILES string of the molecule is C[C@H](N)C(=O)c1c[nH]c2ccccc12.C[C@H](N)Cc1c[nH]c2ccccc12.[B].[H-].[Na+]. The van der Waals surface area contributed by atoms with Crippen molar-refractivity contribution in [2.75, 3.05) is 0 Å². The quantitative estimate of drug-likeness (QED) is 0.298. The Balaban J connectivity index is 0.000000511. The molecule has 2 atom stereocenters. The van der Waals surface area contributed by atoms with Crippen LogP contribution in [-0.2, 0) is 6.42 Å². The Hall–Kier alpha value is -1.83. The normalized spacial score (nSPS) is 12.3. The smallest absolute Gasteiger partial charge is 1.00 e. The Morgan fingerprint density at radius 1 is 0.931 bits per heavy atom. The number of fused-ring (bicyclic) bond motifs is 2. The maximum atomic E-state index is 11.7. The van der Waals surface area contributed by atoms with Gasteiger partial charge in [-0.25, -0.2) is 0 Å². The van der Waals surface area contributed by atoms with Gasteiger partial charge in [0.1, 0.15) is 0 Å². The van der Waals surface area contributed by atoms with Crippen molar-refractivity contribution < 1.29 is 35.8 Å². The number of H-pyrrole nitrogens is 2. The second-order valence-corrected chi connectivity index (χ2v) is 6.94. The zero-order valence-electron chi connectivity index (χ0n) is 18.3. The van der Waals surface area contributed by atoms with Gasteiger partial charge in [0.2, 0.25) is 0 Å². The number of carbonyl (C=O) groups is 1. The number of hydrogen-bond donors (Lipinski definition) is 4. The van der Waals surface area contributed by atoms with Crippen molar-refractivity contribution in [3.05, 3.63) is 72.1 Å². The standard InChI is InChI=1S/C11H12N2O.C11H14N2.B.Na.H/c1-7(12)11(14)9-6-13-10-5-3-2-4-8(9)10;1-8(12)6-9-7-13-11-5-3-2-4-10(9)11;;;/h2-7,13H,12H2,1H3;2-5,7-8,13H,6,12H2,1H3;;;/q;;;+1;-1/t7-;8-;;;/m00.../s1. The maximum absolute atomic E-state index is 11.7. The molecule has 0 saturated carbocycles. The second-order valence-electron chi connectivity index (χ2n) is 6.94. The van der Waals surface area contributed by atoms with Gasteiger partial charge >= 0.3 is 29.6 Å². The minimum Gasteiger partial charge on any atom is -1.00 e. The van der Waals surface area contributed by atoms with Gasteiger partial charge in [-0.05, 0) is 38.0 Å². The number of nitrogens with two attached hydrogens (primary N) is 2. The molecule has 0 aliphatic rings. The molecule has 2 aromatic carbocycles. The molecule has 4 aromatic rings. The summed E-state index contributed by atoms with van der Waals surface area (Å²) < 4.78 is 0. The summed E-state index contributed by atoms with van der Waals surface area (Å²) in [5, 5.41) is 2.23. The van der Waals surface area contributed by atoms with Crippen LogP contribution in [0.3, 0.4) is 0 Å². The van der Waals surface area contributed by atoms with Gasteiger partial charge in [0, 0.05) is 54.2 Å². The fourth-order valence-corrected chi connectivity index (χ4v) is 3.17. The molecule has 3 radical (unpaired) electrons. The van der Waals surface area contributed by atoms with E-state index in [-0.39, 0.29) is 51.2 Å². The summed E-state index contributed by atoms with van der Waals surface area (Å²) in [5.41, 5.74) is 15.5. The molecule has 0 saturated heterocycles. The average Bonchev–Trinajstić information content (AvgIpc) is 3.26. The molecule has 145 valence electrons. The molecule has 0 aliphatic carbocycles. The Kier molecular flexibility index (Phi) is 9.90. The molecular weight excluding hydrogens is 370 g/mol. The number of aromatic amines is 2. The molecule has 2 aromatic heterocycles. The van der Waals surface area contributed by atoms with Gasteiger partial charge in [0.05, 0.1) is 6.04 Å². The molecule has 6 N–H and O–H groups in total. The number of aromatic nitrogens is 2. The van der Waals surface area contributed by atoms with Crippen LogP contribution in [0.25, 0.3) is 21.8 Å². The van der Waals surface area contributed by atoms with Gasteiger partial charge in [-0.3, -0.25) is 4.79 Å². The van der Waals surface area contributed by atoms with Crippen LogP contribution in [0.4, 0.5) is 0 Å². The van der Waals surface area contributed by atoms with E-state index in [2.05, 4.69) is 28.2 Å². The fraction of sp³-hybridized carbons (Fsp3) is 0.227. The molecule has 0 amide bonds. The van der Waals surface area contributed by atoms with Gasteiger partial charge in [-0.2, -0.15) is 0 Å². The van der Waals surface area contributed by atoms with Gasteiger partial charge in [-0.15, -0.1) is 0 Å². The summed E-state index contributed by atoms with van der Waals surface area (Å²) in [4.78, 5) is 18.0. The number of hydrogen-bond acceptors (Lipinski definition) is 3. The third kappa shape index (κ3) is 6.08. The molecular formula is C22H27BN4NaO. The van der Waals surface area contributed by atoms with E-state index in [0.717, 1.165) is 17.3 Å². The molecule has 0 spiro atoms. The van der Waals surface area contributed by atoms with Crippen LogP contribution in [0.15, 0.2) is 60.9 Å². The third-order valence-electron chi connectivity index (χ3n) is 4.49. The van der Waals surface area contributed by atoms with Crippen LogP contribution in [0.2, 0.25) is 0 Å². The average molecular weight is 397 g/mol. The summed E-state index contributed by atoms with van der Waals surface area (Å²) >= 11 is 0. The molecule has 7 heteroatoms.